The fraction of sp³-hybridized carbons (Fsp3) is 0.481. The van der Waals surface area contributed by atoms with Crippen molar-refractivity contribution in [2.45, 2.75) is 73.6 Å². The number of fused-ring (bicyclic) bond motifs is 1. The number of carbonyl (C=O) groups excluding carboxylic acids is 2. The maximum Gasteiger partial charge on any atom is 0.261 e. The van der Waals surface area contributed by atoms with E-state index >= 15 is 0 Å². The second-order valence-electron chi connectivity index (χ2n) is 11.0. The van der Waals surface area contributed by atoms with Crippen molar-refractivity contribution in [1.29, 1.82) is 0 Å². The van der Waals surface area contributed by atoms with Gasteiger partial charge in [-0.2, -0.15) is 0 Å². The second-order valence-corrected chi connectivity index (χ2v) is 13.1. The molecule has 2 aromatic heterocycles. The molecule has 1 aliphatic carbocycles. The first-order valence-corrected chi connectivity index (χ1v) is 12.9. The van der Waals surface area contributed by atoms with Crippen LogP contribution in [0.15, 0.2) is 28.9 Å². The standard InChI is InChI=1S/C27H33NO2S2/c1-10-15-12-19(27(6,7)8)32-23(15)22-14(2)11-18(31-22)16-13-17(26(3,4)5)21-20(16)24(29)28(9)25(21)30/h11-12H,10,13H2,1-9H3. The third-order valence-electron chi connectivity index (χ3n) is 6.50. The van der Waals surface area contributed by atoms with E-state index in [2.05, 4.69) is 67.5 Å². The van der Waals surface area contributed by atoms with E-state index in [0.29, 0.717) is 17.6 Å². The lowest BCUT2D eigenvalue weighted by Crippen LogP contribution is -2.25. The van der Waals surface area contributed by atoms with Gasteiger partial charge in [-0.15, -0.1) is 22.7 Å². The number of carbonyl (C=O) groups is 2. The van der Waals surface area contributed by atoms with Crippen LogP contribution in [0, 0.1) is 12.3 Å². The summed E-state index contributed by atoms with van der Waals surface area (Å²) in [6.07, 6.45) is 1.68. The average molecular weight is 468 g/mol. The molecule has 32 heavy (non-hydrogen) atoms. The minimum absolute atomic E-state index is 0.124. The molecule has 3 nitrogen and oxygen atoms in total. The molecule has 2 amide bonds. The molecule has 0 radical (unpaired) electrons. The Morgan fingerprint density at radius 2 is 1.53 bits per heavy atom. The molecule has 0 bridgehead atoms. The molecule has 0 unspecified atom stereocenters. The Balaban J connectivity index is 1.85. The number of likely N-dealkylation sites (N-methyl/N-ethyl adjacent to an activating group) is 1. The van der Waals surface area contributed by atoms with E-state index in [1.54, 1.807) is 18.4 Å². The first kappa shape index (κ1) is 23.2. The van der Waals surface area contributed by atoms with Crippen LogP contribution in [-0.2, 0) is 21.4 Å². The van der Waals surface area contributed by atoms with Gasteiger partial charge in [-0.1, -0.05) is 48.5 Å². The van der Waals surface area contributed by atoms with E-state index in [1.165, 1.54) is 30.7 Å². The number of allylic oxidation sites excluding steroid dienone is 2. The molecule has 2 aliphatic rings. The topological polar surface area (TPSA) is 37.4 Å². The van der Waals surface area contributed by atoms with Gasteiger partial charge in [0.05, 0.1) is 11.1 Å². The third-order valence-corrected chi connectivity index (χ3v) is 9.56. The van der Waals surface area contributed by atoms with Crippen molar-refractivity contribution >= 4 is 40.1 Å². The van der Waals surface area contributed by atoms with Crippen LogP contribution in [0.3, 0.4) is 0 Å². The Bertz CT molecular complexity index is 1210. The number of thiophene rings is 2. The van der Waals surface area contributed by atoms with Crippen LogP contribution >= 0.6 is 22.7 Å². The summed E-state index contributed by atoms with van der Waals surface area (Å²) in [4.78, 5) is 32.4. The number of likely N-dealkylation sites (tertiary alicyclic amines) is 1. The SMILES string of the molecule is CCc1cc(C(C)(C)C)sc1-c1sc(C2=C3C(=O)N(C)C(=O)C3=C(C(C)(C)C)C2)cc1C. The molecule has 0 saturated carbocycles. The van der Waals surface area contributed by atoms with Crippen molar-refractivity contribution < 1.29 is 9.59 Å². The van der Waals surface area contributed by atoms with Crippen molar-refractivity contribution in [2.24, 2.45) is 5.41 Å². The highest BCUT2D eigenvalue weighted by Gasteiger charge is 2.46. The number of rotatable bonds is 3. The Hall–Kier alpha value is -1.98. The summed E-state index contributed by atoms with van der Waals surface area (Å²) in [5.74, 6) is -0.313. The smallest absolute Gasteiger partial charge is 0.261 e. The number of nitrogens with zero attached hydrogens (tertiary/aromatic N) is 1. The zero-order valence-corrected chi connectivity index (χ0v) is 22.3. The highest BCUT2D eigenvalue weighted by molar-refractivity contribution is 7.23. The van der Waals surface area contributed by atoms with Crippen molar-refractivity contribution in [3.63, 3.8) is 0 Å². The Morgan fingerprint density at radius 1 is 0.906 bits per heavy atom. The largest absolute Gasteiger partial charge is 0.277 e. The van der Waals surface area contributed by atoms with Gasteiger partial charge in [-0.25, -0.2) is 0 Å². The molecule has 0 aromatic carbocycles. The second kappa shape index (κ2) is 7.53. The van der Waals surface area contributed by atoms with Gasteiger partial charge >= 0.3 is 0 Å². The molecule has 1 aliphatic heterocycles. The number of amides is 2. The van der Waals surface area contributed by atoms with Gasteiger partial charge in [0.15, 0.2) is 0 Å². The number of imide groups is 1. The predicted octanol–water partition coefficient (Wildman–Crippen LogP) is 7.14. The number of aryl methyl sites for hydroxylation is 2. The molecule has 4 rings (SSSR count). The summed E-state index contributed by atoms with van der Waals surface area (Å²) in [6.45, 7) is 17.6. The molecule has 2 aromatic rings. The maximum atomic E-state index is 13.0. The fourth-order valence-corrected chi connectivity index (χ4v) is 7.28. The molecule has 0 atom stereocenters. The molecule has 170 valence electrons. The van der Waals surface area contributed by atoms with Crippen LogP contribution < -0.4 is 0 Å². The molecule has 0 N–H and O–H groups in total. The van der Waals surface area contributed by atoms with E-state index in [4.69, 9.17) is 0 Å². The van der Waals surface area contributed by atoms with Gasteiger partial charge in [0, 0.05) is 26.6 Å². The first-order valence-electron chi connectivity index (χ1n) is 11.3. The maximum absolute atomic E-state index is 13.0. The van der Waals surface area contributed by atoms with Crippen molar-refractivity contribution in [3.8, 4) is 9.75 Å². The van der Waals surface area contributed by atoms with Gasteiger partial charge in [0.1, 0.15) is 0 Å². The van der Waals surface area contributed by atoms with Crippen LogP contribution in [0.1, 0.15) is 75.8 Å². The monoisotopic (exact) mass is 467 g/mol. The summed E-state index contributed by atoms with van der Waals surface area (Å²) >= 11 is 3.67. The highest BCUT2D eigenvalue weighted by Crippen LogP contribution is 2.52. The minimum Gasteiger partial charge on any atom is -0.277 e. The lowest BCUT2D eigenvalue weighted by Gasteiger charge is -2.22. The van der Waals surface area contributed by atoms with Crippen LogP contribution in [0.25, 0.3) is 15.3 Å². The molecule has 3 heterocycles. The van der Waals surface area contributed by atoms with Gasteiger partial charge in [0.25, 0.3) is 11.8 Å². The molecule has 1 fully saturated rings. The van der Waals surface area contributed by atoms with Crippen molar-refractivity contribution in [2.75, 3.05) is 7.05 Å². The van der Waals surface area contributed by atoms with Gasteiger partial charge < -0.3 is 0 Å². The third kappa shape index (κ3) is 3.54. The zero-order chi connectivity index (χ0) is 23.7. The van der Waals surface area contributed by atoms with Crippen LogP contribution in [0.2, 0.25) is 0 Å². The van der Waals surface area contributed by atoms with Crippen LogP contribution in [0.5, 0.6) is 0 Å². The lowest BCUT2D eigenvalue weighted by atomic mass is 9.82. The van der Waals surface area contributed by atoms with E-state index in [1.807, 2.05) is 11.3 Å². The summed E-state index contributed by atoms with van der Waals surface area (Å²) < 4.78 is 0. The average Bonchev–Trinajstić information content (AvgIpc) is 3.41. The molecular formula is C27H33NO2S2. The highest BCUT2D eigenvalue weighted by atomic mass is 32.1. The summed E-state index contributed by atoms with van der Waals surface area (Å²) in [6, 6.07) is 4.58. The van der Waals surface area contributed by atoms with Crippen molar-refractivity contribution in [3.05, 3.63) is 49.7 Å². The summed E-state index contributed by atoms with van der Waals surface area (Å²) in [5.41, 5.74) is 5.98. The Kier molecular flexibility index (Phi) is 5.45. The van der Waals surface area contributed by atoms with E-state index in [9.17, 15) is 9.59 Å². The molecule has 1 saturated heterocycles. The van der Waals surface area contributed by atoms with Gasteiger partial charge in [-0.3, -0.25) is 14.5 Å². The first-order chi connectivity index (χ1) is 14.8. The summed E-state index contributed by atoms with van der Waals surface area (Å²) in [5, 5.41) is 0. The molecule has 5 heteroatoms. The predicted molar refractivity (Wildman–Crippen MR) is 136 cm³/mol. The van der Waals surface area contributed by atoms with Crippen molar-refractivity contribution in [1.82, 2.24) is 4.90 Å². The minimum atomic E-state index is -0.163. The van der Waals surface area contributed by atoms with Gasteiger partial charge in [-0.05, 0) is 65.0 Å². The van der Waals surface area contributed by atoms with Crippen LogP contribution in [-0.4, -0.2) is 23.8 Å². The Labute approximate surface area is 199 Å². The number of hydrogen-bond donors (Lipinski definition) is 0. The zero-order valence-electron chi connectivity index (χ0n) is 20.6. The lowest BCUT2D eigenvalue weighted by molar-refractivity contribution is -0.134. The van der Waals surface area contributed by atoms with Crippen LogP contribution in [0.4, 0.5) is 0 Å². The molecular weight excluding hydrogens is 434 g/mol. The normalized spacial score (nSPS) is 17.3. The number of hydrogen-bond acceptors (Lipinski definition) is 4. The fourth-order valence-electron chi connectivity index (χ4n) is 4.51. The van der Waals surface area contributed by atoms with E-state index in [0.717, 1.165) is 22.4 Å². The Morgan fingerprint density at radius 3 is 2.09 bits per heavy atom. The van der Waals surface area contributed by atoms with E-state index in [-0.39, 0.29) is 22.6 Å². The van der Waals surface area contributed by atoms with Gasteiger partial charge in [0.2, 0.25) is 0 Å². The molecule has 0 spiro atoms. The summed E-state index contributed by atoms with van der Waals surface area (Å²) in [7, 11) is 1.60. The van der Waals surface area contributed by atoms with E-state index < -0.39 is 0 Å². The quantitative estimate of drug-likeness (QED) is 0.450.